The first kappa shape index (κ1) is 26.3. The predicted octanol–water partition coefficient (Wildman–Crippen LogP) is 12.7. The van der Waals surface area contributed by atoms with Crippen LogP contribution in [-0.2, 0) is 0 Å². The van der Waals surface area contributed by atoms with E-state index in [9.17, 15) is 0 Å². The van der Waals surface area contributed by atoms with Crippen LogP contribution < -0.4 is 4.90 Å². The van der Waals surface area contributed by atoms with E-state index in [1.807, 2.05) is 12.1 Å². The minimum absolute atomic E-state index is 0.875. The van der Waals surface area contributed by atoms with Crippen molar-refractivity contribution in [1.82, 2.24) is 0 Å². The lowest BCUT2D eigenvalue weighted by molar-refractivity contribution is 0.669. The molecule has 0 fully saturated rings. The second-order valence-electron chi connectivity index (χ2n) is 11.8. The second kappa shape index (κ2) is 10.8. The molecule has 0 N–H and O–H groups in total. The zero-order chi connectivity index (χ0) is 30.5. The van der Waals surface area contributed by atoms with E-state index in [1.54, 1.807) is 0 Å². The van der Waals surface area contributed by atoms with Crippen molar-refractivity contribution in [3.05, 3.63) is 176 Å². The number of hydrogen-bond donors (Lipinski definition) is 0. The maximum absolute atomic E-state index is 6.40. The number of fused-ring (bicyclic) bond motifs is 6. The van der Waals surface area contributed by atoms with Gasteiger partial charge in [0.25, 0.3) is 0 Å². The highest BCUT2D eigenvalue weighted by Crippen LogP contribution is 2.44. The lowest BCUT2D eigenvalue weighted by atomic mass is 9.95. The van der Waals surface area contributed by atoms with Crippen molar-refractivity contribution < 1.29 is 4.42 Å². The van der Waals surface area contributed by atoms with Gasteiger partial charge in [0.2, 0.25) is 0 Å². The van der Waals surface area contributed by atoms with Crippen LogP contribution in [0.25, 0.3) is 65.7 Å². The summed E-state index contributed by atoms with van der Waals surface area (Å²) >= 11 is 0. The van der Waals surface area contributed by atoms with E-state index >= 15 is 0 Å². The minimum atomic E-state index is 0.875. The van der Waals surface area contributed by atoms with Gasteiger partial charge < -0.3 is 9.32 Å². The molecule has 0 aliphatic carbocycles. The van der Waals surface area contributed by atoms with Crippen LogP contribution in [-0.4, -0.2) is 0 Å². The first-order valence-corrected chi connectivity index (χ1v) is 15.7. The monoisotopic (exact) mass is 587 g/mol. The quantitative estimate of drug-likeness (QED) is 0.186. The van der Waals surface area contributed by atoms with Crippen molar-refractivity contribution >= 4 is 60.5 Å². The van der Waals surface area contributed by atoms with Gasteiger partial charge in [0.1, 0.15) is 11.2 Å². The summed E-state index contributed by atoms with van der Waals surface area (Å²) in [5.74, 6) is 0. The van der Waals surface area contributed by atoms with Gasteiger partial charge in [-0.05, 0) is 80.9 Å². The third-order valence-electron chi connectivity index (χ3n) is 9.04. The summed E-state index contributed by atoms with van der Waals surface area (Å²) < 4.78 is 6.40. The number of furan rings is 1. The number of anilines is 3. The second-order valence-corrected chi connectivity index (χ2v) is 11.8. The van der Waals surface area contributed by atoms with Gasteiger partial charge in [0, 0.05) is 33.6 Å². The van der Waals surface area contributed by atoms with E-state index in [-0.39, 0.29) is 0 Å². The highest BCUT2D eigenvalue weighted by Gasteiger charge is 2.20. The van der Waals surface area contributed by atoms with Gasteiger partial charge in [0.05, 0.1) is 5.69 Å². The van der Waals surface area contributed by atoms with Gasteiger partial charge in [0.15, 0.2) is 0 Å². The molecule has 0 spiro atoms. The largest absolute Gasteiger partial charge is 0.456 e. The maximum Gasteiger partial charge on any atom is 0.137 e. The SMILES string of the molecule is c1ccc(-c2ccc(N(c3ccc4c(c3)oc3ccccc34)c3cc4ccccc4c4ccc(-c5ccccc5)cc34)cc2)cc1. The highest BCUT2D eigenvalue weighted by molar-refractivity contribution is 6.16. The van der Waals surface area contributed by atoms with Crippen LogP contribution >= 0.6 is 0 Å². The normalized spacial score (nSPS) is 11.5. The average Bonchev–Trinajstić information content (AvgIpc) is 3.51. The van der Waals surface area contributed by atoms with Crippen molar-refractivity contribution in [2.45, 2.75) is 0 Å². The van der Waals surface area contributed by atoms with E-state index in [0.717, 1.165) is 39.0 Å². The fraction of sp³-hybridized carbons (Fsp3) is 0. The van der Waals surface area contributed by atoms with Crippen molar-refractivity contribution in [2.24, 2.45) is 0 Å². The Morgan fingerprint density at radius 1 is 0.326 bits per heavy atom. The van der Waals surface area contributed by atoms with Gasteiger partial charge in [-0.2, -0.15) is 0 Å². The fourth-order valence-corrected chi connectivity index (χ4v) is 6.79. The zero-order valence-corrected chi connectivity index (χ0v) is 25.1. The minimum Gasteiger partial charge on any atom is -0.456 e. The van der Waals surface area contributed by atoms with Crippen LogP contribution in [0.3, 0.4) is 0 Å². The van der Waals surface area contributed by atoms with Crippen LogP contribution in [0.1, 0.15) is 0 Å². The van der Waals surface area contributed by atoms with Crippen molar-refractivity contribution in [3.63, 3.8) is 0 Å². The molecule has 0 atom stereocenters. The Morgan fingerprint density at radius 2 is 0.891 bits per heavy atom. The van der Waals surface area contributed by atoms with Crippen molar-refractivity contribution in [3.8, 4) is 22.3 Å². The Bertz CT molecular complexity index is 2510. The van der Waals surface area contributed by atoms with Crippen LogP contribution in [0.2, 0.25) is 0 Å². The molecule has 0 saturated carbocycles. The zero-order valence-electron chi connectivity index (χ0n) is 25.1. The Morgan fingerprint density at radius 3 is 1.67 bits per heavy atom. The smallest absolute Gasteiger partial charge is 0.137 e. The van der Waals surface area contributed by atoms with E-state index in [2.05, 4.69) is 169 Å². The van der Waals surface area contributed by atoms with Crippen LogP contribution in [0.15, 0.2) is 180 Å². The van der Waals surface area contributed by atoms with E-state index in [1.165, 1.54) is 43.8 Å². The van der Waals surface area contributed by atoms with E-state index < -0.39 is 0 Å². The molecule has 0 aliphatic heterocycles. The molecule has 0 radical (unpaired) electrons. The molecule has 9 aromatic rings. The molecular formula is C44H29NO. The summed E-state index contributed by atoms with van der Waals surface area (Å²) in [6.07, 6.45) is 0. The molecule has 8 aromatic carbocycles. The lowest BCUT2D eigenvalue weighted by Gasteiger charge is -2.28. The lowest BCUT2D eigenvalue weighted by Crippen LogP contribution is -2.10. The number of nitrogens with zero attached hydrogens (tertiary/aromatic N) is 1. The topological polar surface area (TPSA) is 16.4 Å². The average molecular weight is 588 g/mol. The number of hydrogen-bond acceptors (Lipinski definition) is 2. The number of para-hydroxylation sites is 1. The van der Waals surface area contributed by atoms with Crippen LogP contribution in [0.5, 0.6) is 0 Å². The summed E-state index contributed by atoms with van der Waals surface area (Å²) in [5.41, 5.74) is 9.80. The number of rotatable bonds is 5. The van der Waals surface area contributed by atoms with Gasteiger partial charge in [-0.25, -0.2) is 0 Å². The predicted molar refractivity (Wildman–Crippen MR) is 194 cm³/mol. The molecule has 46 heavy (non-hydrogen) atoms. The Kier molecular flexibility index (Phi) is 6.17. The molecule has 0 unspecified atom stereocenters. The maximum atomic E-state index is 6.40. The Hall–Kier alpha value is -6.12. The summed E-state index contributed by atoms with van der Waals surface area (Å²) in [4.78, 5) is 2.38. The van der Waals surface area contributed by atoms with Gasteiger partial charge in [-0.1, -0.05) is 127 Å². The summed E-state index contributed by atoms with van der Waals surface area (Å²) in [7, 11) is 0. The van der Waals surface area contributed by atoms with E-state index in [4.69, 9.17) is 4.42 Å². The number of benzene rings is 8. The third-order valence-corrected chi connectivity index (χ3v) is 9.04. The van der Waals surface area contributed by atoms with Crippen molar-refractivity contribution in [2.75, 3.05) is 4.90 Å². The fourth-order valence-electron chi connectivity index (χ4n) is 6.79. The molecule has 9 rings (SSSR count). The molecule has 2 nitrogen and oxygen atoms in total. The summed E-state index contributed by atoms with van der Waals surface area (Å²) in [5, 5.41) is 7.11. The van der Waals surface area contributed by atoms with Crippen molar-refractivity contribution in [1.29, 1.82) is 0 Å². The molecule has 0 aliphatic rings. The molecule has 0 amide bonds. The molecule has 0 saturated heterocycles. The van der Waals surface area contributed by atoms with Gasteiger partial charge in [-0.15, -0.1) is 0 Å². The van der Waals surface area contributed by atoms with Crippen LogP contribution in [0.4, 0.5) is 17.1 Å². The molecular weight excluding hydrogens is 558 g/mol. The standard InChI is InChI=1S/C44H29NO/c1-3-11-30(12-4-1)32-19-22-35(23-20-32)45(36-24-26-40-39-17-9-10-18-43(39)46-44(40)29-36)42-28-34-15-7-8-16-37(34)38-25-21-33(27-41(38)42)31-13-5-2-6-14-31/h1-29H. The highest BCUT2D eigenvalue weighted by atomic mass is 16.3. The Balaban J connectivity index is 1.32. The van der Waals surface area contributed by atoms with Gasteiger partial charge >= 0.3 is 0 Å². The Labute approximate surface area is 267 Å². The molecule has 0 bridgehead atoms. The molecule has 1 heterocycles. The first-order valence-electron chi connectivity index (χ1n) is 15.7. The van der Waals surface area contributed by atoms with Gasteiger partial charge in [-0.3, -0.25) is 0 Å². The molecule has 216 valence electrons. The summed E-state index contributed by atoms with van der Waals surface area (Å²) in [6, 6.07) is 62.8. The third kappa shape index (κ3) is 4.43. The first-order chi connectivity index (χ1) is 22.8. The van der Waals surface area contributed by atoms with Crippen LogP contribution in [0, 0.1) is 0 Å². The van der Waals surface area contributed by atoms with E-state index in [0.29, 0.717) is 0 Å². The molecule has 1 aromatic heterocycles. The summed E-state index contributed by atoms with van der Waals surface area (Å²) in [6.45, 7) is 0. The molecule has 2 heteroatoms.